The zero-order valence-corrected chi connectivity index (χ0v) is 12.5. The number of hydrogen-bond donors (Lipinski definition) is 1. The third kappa shape index (κ3) is 3.77. The zero-order valence-electron chi connectivity index (χ0n) is 12.5. The Kier molecular flexibility index (Phi) is 4.11. The Hall–Kier alpha value is -1.46. The Morgan fingerprint density at radius 3 is 2.00 bits per heavy atom. The van der Waals surface area contributed by atoms with Crippen molar-refractivity contribution in [2.24, 2.45) is 0 Å². The van der Waals surface area contributed by atoms with Crippen LogP contribution in [0.5, 0.6) is 0 Å². The molecular formula is C14H24N2O4. The number of rotatable bonds is 2. The van der Waals surface area contributed by atoms with E-state index in [0.717, 1.165) is 12.8 Å². The molecule has 2 rings (SSSR count). The topological polar surface area (TPSA) is 70.1 Å². The highest BCUT2D eigenvalue weighted by atomic mass is 16.6. The van der Waals surface area contributed by atoms with Crippen molar-refractivity contribution in [3.8, 4) is 0 Å². The van der Waals surface area contributed by atoms with Gasteiger partial charge in [0.15, 0.2) is 0 Å². The lowest BCUT2D eigenvalue weighted by Gasteiger charge is -2.38. The van der Waals surface area contributed by atoms with Crippen LogP contribution < -0.4 is 0 Å². The SMILES string of the molecule is CC(C)(C)OC(=O)N(C1CC1)C1CCN(C(=O)O)CC1. The molecule has 1 saturated carbocycles. The largest absolute Gasteiger partial charge is 0.465 e. The van der Waals surface area contributed by atoms with Crippen molar-refractivity contribution >= 4 is 12.2 Å². The fraction of sp³-hybridized carbons (Fsp3) is 0.857. The highest BCUT2D eigenvalue weighted by Crippen LogP contribution is 2.33. The van der Waals surface area contributed by atoms with E-state index in [4.69, 9.17) is 9.84 Å². The van der Waals surface area contributed by atoms with Crippen molar-refractivity contribution in [3.63, 3.8) is 0 Å². The normalized spacial score (nSPS) is 20.6. The summed E-state index contributed by atoms with van der Waals surface area (Å²) in [5.41, 5.74) is -0.494. The van der Waals surface area contributed by atoms with Gasteiger partial charge in [-0.2, -0.15) is 0 Å². The number of piperidine rings is 1. The molecule has 1 aliphatic carbocycles. The third-order valence-electron chi connectivity index (χ3n) is 3.67. The van der Waals surface area contributed by atoms with E-state index in [-0.39, 0.29) is 18.2 Å². The summed E-state index contributed by atoms with van der Waals surface area (Å²) in [5.74, 6) is 0. The van der Waals surface area contributed by atoms with Crippen molar-refractivity contribution < 1.29 is 19.4 Å². The first-order chi connectivity index (χ1) is 9.28. The van der Waals surface area contributed by atoms with Crippen molar-refractivity contribution in [1.82, 2.24) is 9.80 Å². The van der Waals surface area contributed by atoms with Crippen LogP contribution in [0.4, 0.5) is 9.59 Å². The molecule has 0 aromatic rings. The highest BCUT2D eigenvalue weighted by molar-refractivity contribution is 5.69. The van der Waals surface area contributed by atoms with Crippen LogP contribution in [0.3, 0.4) is 0 Å². The van der Waals surface area contributed by atoms with Crippen LogP contribution in [-0.4, -0.2) is 57.9 Å². The second-order valence-corrected chi connectivity index (χ2v) is 6.62. The van der Waals surface area contributed by atoms with Gasteiger partial charge in [-0.1, -0.05) is 0 Å². The van der Waals surface area contributed by atoms with E-state index < -0.39 is 11.7 Å². The summed E-state index contributed by atoms with van der Waals surface area (Å²) >= 11 is 0. The van der Waals surface area contributed by atoms with E-state index in [1.807, 2.05) is 25.7 Å². The minimum absolute atomic E-state index is 0.105. The first kappa shape index (κ1) is 14.9. The van der Waals surface area contributed by atoms with Crippen LogP contribution in [0.25, 0.3) is 0 Å². The lowest BCUT2D eigenvalue weighted by atomic mass is 10.0. The molecule has 6 nitrogen and oxygen atoms in total. The molecule has 1 saturated heterocycles. The van der Waals surface area contributed by atoms with Gasteiger partial charge >= 0.3 is 12.2 Å². The average Bonchev–Trinajstić information content (AvgIpc) is 3.12. The standard InChI is InChI=1S/C14H24N2O4/c1-14(2,3)20-13(19)16(10-4-5-10)11-6-8-15(9-7-11)12(17)18/h10-11H,4-9H2,1-3H3,(H,17,18). The Balaban J connectivity index is 1.96. The third-order valence-corrected chi connectivity index (χ3v) is 3.67. The fourth-order valence-electron chi connectivity index (χ4n) is 2.60. The maximum Gasteiger partial charge on any atom is 0.410 e. The summed E-state index contributed by atoms with van der Waals surface area (Å²) in [7, 11) is 0. The van der Waals surface area contributed by atoms with Gasteiger partial charge in [-0.3, -0.25) is 0 Å². The number of ether oxygens (including phenoxy) is 1. The van der Waals surface area contributed by atoms with E-state index in [9.17, 15) is 9.59 Å². The van der Waals surface area contributed by atoms with Gasteiger partial charge in [0.2, 0.25) is 0 Å². The molecule has 0 spiro atoms. The molecule has 0 aromatic carbocycles. The molecule has 2 aliphatic rings. The summed E-state index contributed by atoms with van der Waals surface area (Å²) in [6, 6.07) is 0.388. The molecule has 6 heteroatoms. The van der Waals surface area contributed by atoms with Crippen LogP contribution in [0.2, 0.25) is 0 Å². The molecule has 20 heavy (non-hydrogen) atoms. The molecule has 1 heterocycles. The van der Waals surface area contributed by atoms with Crippen molar-refractivity contribution in [1.29, 1.82) is 0 Å². The number of carbonyl (C=O) groups is 2. The first-order valence-corrected chi connectivity index (χ1v) is 7.27. The quantitative estimate of drug-likeness (QED) is 0.846. The van der Waals surface area contributed by atoms with Gasteiger partial charge in [0.25, 0.3) is 0 Å². The Morgan fingerprint density at radius 1 is 1.10 bits per heavy atom. The number of amides is 2. The zero-order chi connectivity index (χ0) is 14.9. The second-order valence-electron chi connectivity index (χ2n) is 6.62. The smallest absolute Gasteiger partial charge is 0.410 e. The molecular weight excluding hydrogens is 260 g/mol. The number of carbonyl (C=O) groups excluding carboxylic acids is 1. The van der Waals surface area contributed by atoms with Crippen molar-refractivity contribution in [3.05, 3.63) is 0 Å². The van der Waals surface area contributed by atoms with Crippen molar-refractivity contribution in [2.45, 2.75) is 64.1 Å². The predicted molar refractivity (Wildman–Crippen MR) is 73.7 cm³/mol. The number of hydrogen-bond acceptors (Lipinski definition) is 3. The predicted octanol–water partition coefficient (Wildman–Crippen LogP) is 2.53. The van der Waals surface area contributed by atoms with E-state index in [1.54, 1.807) is 0 Å². The van der Waals surface area contributed by atoms with Gasteiger partial charge in [-0.15, -0.1) is 0 Å². The maximum atomic E-state index is 12.3. The summed E-state index contributed by atoms with van der Waals surface area (Å²) in [6.07, 6.45) is 2.31. The minimum atomic E-state index is -0.876. The molecule has 2 amide bonds. The lowest BCUT2D eigenvalue weighted by molar-refractivity contribution is 0.00668. The number of carboxylic acid groups (broad SMARTS) is 1. The average molecular weight is 284 g/mol. The number of likely N-dealkylation sites (tertiary alicyclic amines) is 1. The van der Waals surface area contributed by atoms with E-state index >= 15 is 0 Å². The van der Waals surface area contributed by atoms with Gasteiger partial charge in [0.05, 0.1) is 0 Å². The summed E-state index contributed by atoms with van der Waals surface area (Å²) in [6.45, 7) is 6.58. The monoisotopic (exact) mass is 284 g/mol. The van der Waals surface area contributed by atoms with Crippen LogP contribution >= 0.6 is 0 Å². The molecule has 1 aliphatic heterocycles. The fourth-order valence-corrected chi connectivity index (χ4v) is 2.60. The molecule has 1 N–H and O–H groups in total. The Labute approximate surface area is 119 Å². The second kappa shape index (κ2) is 5.50. The van der Waals surface area contributed by atoms with Gasteiger partial charge in [0, 0.05) is 25.2 Å². The molecule has 0 bridgehead atoms. The van der Waals surface area contributed by atoms with E-state index in [1.165, 1.54) is 4.90 Å². The summed E-state index contributed by atoms with van der Waals surface area (Å²) in [5, 5.41) is 8.97. The minimum Gasteiger partial charge on any atom is -0.465 e. The Morgan fingerprint density at radius 2 is 1.60 bits per heavy atom. The van der Waals surface area contributed by atoms with Gasteiger partial charge in [-0.05, 0) is 46.5 Å². The van der Waals surface area contributed by atoms with Crippen LogP contribution in [0.1, 0.15) is 46.5 Å². The van der Waals surface area contributed by atoms with Gasteiger partial charge < -0.3 is 19.6 Å². The van der Waals surface area contributed by atoms with E-state index in [0.29, 0.717) is 25.9 Å². The van der Waals surface area contributed by atoms with Crippen molar-refractivity contribution in [2.75, 3.05) is 13.1 Å². The maximum absolute atomic E-state index is 12.3. The number of nitrogens with zero attached hydrogens (tertiary/aromatic N) is 2. The lowest BCUT2D eigenvalue weighted by Crippen LogP contribution is -2.50. The van der Waals surface area contributed by atoms with Crippen LogP contribution in [0.15, 0.2) is 0 Å². The summed E-state index contributed by atoms with van der Waals surface area (Å²) < 4.78 is 5.49. The van der Waals surface area contributed by atoms with Crippen LogP contribution in [-0.2, 0) is 4.74 Å². The molecule has 0 unspecified atom stereocenters. The molecule has 114 valence electrons. The summed E-state index contributed by atoms with van der Waals surface area (Å²) in [4.78, 5) is 26.5. The molecule has 2 fully saturated rings. The Bertz CT molecular complexity index is 379. The van der Waals surface area contributed by atoms with Gasteiger partial charge in [-0.25, -0.2) is 9.59 Å². The molecule has 0 atom stereocenters. The molecule has 0 radical (unpaired) electrons. The van der Waals surface area contributed by atoms with E-state index in [2.05, 4.69) is 0 Å². The van der Waals surface area contributed by atoms with Gasteiger partial charge in [0.1, 0.15) is 5.60 Å². The van der Waals surface area contributed by atoms with Crippen LogP contribution in [0, 0.1) is 0 Å². The molecule has 0 aromatic heterocycles. The first-order valence-electron chi connectivity index (χ1n) is 7.27. The highest BCUT2D eigenvalue weighted by Gasteiger charge is 2.41.